The fourth-order valence-corrected chi connectivity index (χ4v) is 14.8. The van der Waals surface area contributed by atoms with Gasteiger partial charge in [-0.3, -0.25) is 0 Å². The number of hydrogen-bond acceptors (Lipinski definition) is 4. The Balaban J connectivity index is 1.02. The lowest BCUT2D eigenvalue weighted by Crippen LogP contribution is -2.33. The minimum atomic E-state index is -0.845. The quantitative estimate of drug-likeness (QED) is 0.166. The first-order chi connectivity index (χ1) is 41.3. The number of aromatic nitrogens is 1. The molecule has 0 N–H and O–H groups in total. The zero-order valence-electron chi connectivity index (χ0n) is 45.6. The van der Waals surface area contributed by atoms with Crippen molar-refractivity contribution in [3.63, 3.8) is 0 Å². The molecule has 2 aliphatic rings. The predicted molar refractivity (Wildman–Crippen MR) is 340 cm³/mol. The lowest BCUT2D eigenvalue weighted by atomic mass is 9.65. The molecular formula is C77H47F2N3O2. The van der Waals surface area contributed by atoms with Crippen molar-refractivity contribution < 1.29 is 17.6 Å². The molecule has 3 aromatic heterocycles. The highest BCUT2D eigenvalue weighted by atomic mass is 19.1. The van der Waals surface area contributed by atoms with Gasteiger partial charge in [-0.05, 0) is 153 Å². The van der Waals surface area contributed by atoms with Gasteiger partial charge in [-0.1, -0.05) is 176 Å². The van der Waals surface area contributed by atoms with E-state index < -0.39 is 17.0 Å². The minimum Gasteiger partial charge on any atom is -0.451 e. The topological polar surface area (TPSA) is 37.7 Å². The molecule has 4 heterocycles. The van der Waals surface area contributed by atoms with Crippen LogP contribution in [0.25, 0.3) is 104 Å². The SMILES string of the molecule is Cc1ccccc1N(c1ccc2c(c1)c1cc(N(c3ccccc3C)c3cccc4c3oc3c(F)cccc34)cc3c1n2-c1ccccc1C31c2ccc3ccccc3c2-c2c1ccc1ccccc21)c1cccc2c1oc1c(F)cccc12. The van der Waals surface area contributed by atoms with Gasteiger partial charge >= 0.3 is 0 Å². The number of anilines is 6. The first-order valence-corrected chi connectivity index (χ1v) is 28.5. The van der Waals surface area contributed by atoms with Crippen molar-refractivity contribution in [2.75, 3.05) is 9.80 Å². The van der Waals surface area contributed by atoms with Crippen LogP contribution in [0.2, 0.25) is 0 Å². The second-order valence-electron chi connectivity index (χ2n) is 22.6. The number of benzene rings is 13. The van der Waals surface area contributed by atoms with E-state index in [1.807, 2.05) is 30.3 Å². The van der Waals surface area contributed by atoms with E-state index in [9.17, 15) is 0 Å². The Morgan fingerprint density at radius 1 is 0.345 bits per heavy atom. The Morgan fingerprint density at radius 3 is 1.39 bits per heavy atom. The standard InChI is InChI=1S/C77H47F2N3O2/c1-44-17-3-10-30-64(44)80(68-33-15-25-54-52-23-13-28-62(78)73(52)83-75(54)68)48-37-40-66-56(41-48)57-42-49(81(65-31-11-4-18-45(65)2)69-34-16-26-55-53-24-14-29-63(79)74(53)84-76(55)69)43-61-72(57)82(66)67-32-12-9-27-58(67)77(61)59-38-35-46-19-5-7-21-50(46)70(59)71-51-22-8-6-20-47(51)36-39-60(71)77/h3-43H,1-2H3. The summed E-state index contributed by atoms with van der Waals surface area (Å²) >= 11 is 0. The Bertz CT molecular complexity index is 5470. The molecule has 1 spiro atoms. The third kappa shape index (κ3) is 6.14. The van der Waals surface area contributed by atoms with E-state index in [-0.39, 0.29) is 11.2 Å². The molecule has 0 amide bonds. The third-order valence-electron chi connectivity index (χ3n) is 18.3. The van der Waals surface area contributed by atoms with Crippen LogP contribution in [-0.2, 0) is 5.41 Å². The van der Waals surface area contributed by atoms with Crippen LogP contribution in [0.15, 0.2) is 258 Å². The van der Waals surface area contributed by atoms with Gasteiger partial charge in [0.25, 0.3) is 0 Å². The van der Waals surface area contributed by atoms with E-state index in [4.69, 9.17) is 8.83 Å². The number of para-hydroxylation sites is 7. The second-order valence-corrected chi connectivity index (χ2v) is 22.6. The summed E-state index contributed by atoms with van der Waals surface area (Å²) in [5, 5.41) is 9.93. The van der Waals surface area contributed by atoms with E-state index in [1.165, 1.54) is 61.5 Å². The van der Waals surface area contributed by atoms with Crippen LogP contribution in [0.4, 0.5) is 42.9 Å². The van der Waals surface area contributed by atoms with Gasteiger partial charge in [0.05, 0.1) is 33.5 Å². The molecule has 0 saturated heterocycles. The molecule has 0 saturated carbocycles. The van der Waals surface area contributed by atoms with Gasteiger partial charge in [0.1, 0.15) is 0 Å². The number of rotatable bonds is 6. The molecule has 0 radical (unpaired) electrons. The zero-order valence-corrected chi connectivity index (χ0v) is 45.6. The predicted octanol–water partition coefficient (Wildman–Crippen LogP) is 21.4. The Kier molecular flexibility index (Phi) is 9.58. The molecular weight excluding hydrogens is 1040 g/mol. The van der Waals surface area contributed by atoms with Gasteiger partial charge in [-0.15, -0.1) is 0 Å². The lowest BCUT2D eigenvalue weighted by molar-refractivity contribution is 0.584. The molecule has 396 valence electrons. The zero-order chi connectivity index (χ0) is 55.7. The Labute approximate surface area is 480 Å². The maximum Gasteiger partial charge on any atom is 0.171 e. The van der Waals surface area contributed by atoms with Gasteiger partial charge in [0.15, 0.2) is 34.0 Å². The normalized spacial score (nSPS) is 13.1. The Hall–Kier alpha value is -10.8. The van der Waals surface area contributed by atoms with E-state index in [1.54, 1.807) is 12.1 Å². The van der Waals surface area contributed by atoms with Gasteiger partial charge in [-0.25, -0.2) is 8.78 Å². The van der Waals surface area contributed by atoms with Gasteiger partial charge in [0, 0.05) is 55.1 Å². The van der Waals surface area contributed by atoms with Crippen LogP contribution >= 0.6 is 0 Å². The average Bonchev–Trinajstić information content (AvgIpc) is 1.56. The van der Waals surface area contributed by atoms with Crippen LogP contribution in [-0.4, -0.2) is 4.57 Å². The minimum absolute atomic E-state index is 0.224. The van der Waals surface area contributed by atoms with Crippen molar-refractivity contribution in [3.8, 4) is 16.8 Å². The molecule has 0 bridgehead atoms. The van der Waals surface area contributed by atoms with Gasteiger partial charge in [0.2, 0.25) is 0 Å². The largest absolute Gasteiger partial charge is 0.451 e. The average molecular weight is 1080 g/mol. The molecule has 0 fully saturated rings. The summed E-state index contributed by atoms with van der Waals surface area (Å²) in [4.78, 5) is 4.59. The molecule has 0 unspecified atom stereocenters. The summed E-state index contributed by atoms with van der Waals surface area (Å²) in [6.07, 6.45) is 0. The first kappa shape index (κ1) is 46.9. The number of halogens is 2. The van der Waals surface area contributed by atoms with Crippen LogP contribution in [0.3, 0.4) is 0 Å². The molecule has 0 atom stereocenters. The highest BCUT2D eigenvalue weighted by Gasteiger charge is 2.52. The van der Waals surface area contributed by atoms with Crippen molar-refractivity contribution in [2.24, 2.45) is 0 Å². The molecule has 7 heteroatoms. The molecule has 13 aromatic carbocycles. The summed E-state index contributed by atoms with van der Waals surface area (Å²) in [6.45, 7) is 4.28. The summed E-state index contributed by atoms with van der Waals surface area (Å²) < 4.78 is 47.6. The number of hydrogen-bond donors (Lipinski definition) is 0. The summed E-state index contributed by atoms with van der Waals surface area (Å²) in [5.74, 6) is -0.812. The highest BCUT2D eigenvalue weighted by molar-refractivity contribution is 6.19. The smallest absolute Gasteiger partial charge is 0.171 e. The lowest BCUT2D eigenvalue weighted by Gasteiger charge is -2.40. The van der Waals surface area contributed by atoms with Crippen LogP contribution in [0, 0.1) is 25.5 Å². The number of aryl methyl sites for hydroxylation is 2. The molecule has 84 heavy (non-hydrogen) atoms. The molecule has 18 rings (SSSR count). The molecule has 1 aliphatic heterocycles. The van der Waals surface area contributed by atoms with Crippen molar-refractivity contribution >= 4 is 121 Å². The van der Waals surface area contributed by atoms with Crippen LogP contribution in [0.5, 0.6) is 0 Å². The second kappa shape index (κ2) is 17.1. The number of fused-ring (bicyclic) bond motifs is 22. The van der Waals surface area contributed by atoms with E-state index in [0.29, 0.717) is 16.6 Å². The fourth-order valence-electron chi connectivity index (χ4n) is 14.8. The molecule has 1 aliphatic carbocycles. The van der Waals surface area contributed by atoms with Crippen molar-refractivity contribution in [1.29, 1.82) is 0 Å². The maximum atomic E-state index is 16.0. The fraction of sp³-hybridized carbons (Fsp3) is 0.0390. The van der Waals surface area contributed by atoms with E-state index in [2.05, 4.69) is 222 Å². The van der Waals surface area contributed by atoms with E-state index >= 15 is 8.78 Å². The van der Waals surface area contributed by atoms with Crippen molar-refractivity contribution in [1.82, 2.24) is 4.57 Å². The monoisotopic (exact) mass is 1080 g/mol. The number of nitrogens with zero attached hydrogens (tertiary/aromatic N) is 3. The van der Waals surface area contributed by atoms with Crippen LogP contribution in [0.1, 0.15) is 33.4 Å². The molecule has 16 aromatic rings. The summed E-state index contributed by atoms with van der Waals surface area (Å²) in [7, 11) is 0. The first-order valence-electron chi connectivity index (χ1n) is 28.5. The summed E-state index contributed by atoms with van der Waals surface area (Å²) in [6, 6.07) is 87.1. The number of furan rings is 2. The van der Waals surface area contributed by atoms with Gasteiger partial charge in [-0.2, -0.15) is 0 Å². The van der Waals surface area contributed by atoms with Gasteiger partial charge < -0.3 is 23.2 Å². The third-order valence-corrected chi connectivity index (χ3v) is 18.3. The highest BCUT2D eigenvalue weighted by Crippen LogP contribution is 2.64. The van der Waals surface area contributed by atoms with Crippen molar-refractivity contribution in [2.45, 2.75) is 19.3 Å². The van der Waals surface area contributed by atoms with E-state index in [0.717, 1.165) is 94.5 Å². The Morgan fingerprint density at radius 2 is 0.810 bits per heavy atom. The maximum absolute atomic E-state index is 16.0. The molecule has 5 nitrogen and oxygen atoms in total. The van der Waals surface area contributed by atoms with Crippen LogP contribution < -0.4 is 9.80 Å². The summed E-state index contributed by atoms with van der Waals surface area (Å²) in [5.41, 5.74) is 18.6. The van der Waals surface area contributed by atoms with Crippen molar-refractivity contribution in [3.05, 3.63) is 294 Å².